The second-order valence-corrected chi connectivity index (χ2v) is 11.7. The lowest BCUT2D eigenvalue weighted by Gasteiger charge is -2.36. The fraction of sp³-hybridized carbons (Fsp3) is 0.500. The summed E-state index contributed by atoms with van der Waals surface area (Å²) in [6, 6.07) is 5.55. The van der Waals surface area contributed by atoms with Gasteiger partial charge >= 0.3 is 5.97 Å². The summed E-state index contributed by atoms with van der Waals surface area (Å²) in [6.07, 6.45) is 7.97. The number of carbonyl (C=O) groups is 1. The van der Waals surface area contributed by atoms with E-state index in [0.29, 0.717) is 29.0 Å². The van der Waals surface area contributed by atoms with Gasteiger partial charge in [0.1, 0.15) is 22.8 Å². The molecule has 3 N–H and O–H groups in total. The summed E-state index contributed by atoms with van der Waals surface area (Å²) in [7, 11) is 0. The van der Waals surface area contributed by atoms with Crippen LogP contribution in [0.15, 0.2) is 30.6 Å². The van der Waals surface area contributed by atoms with E-state index in [4.69, 9.17) is 20.2 Å². The molecule has 3 aliphatic rings. The van der Waals surface area contributed by atoms with Gasteiger partial charge in [-0.05, 0) is 88.4 Å². The highest BCUT2D eigenvalue weighted by Gasteiger charge is 2.43. The largest absolute Gasteiger partial charge is 0.471 e. The molecule has 188 valence electrons. The fourth-order valence-electron chi connectivity index (χ4n) is 4.99. The van der Waals surface area contributed by atoms with Crippen molar-refractivity contribution in [3.05, 3.63) is 47.4 Å². The summed E-state index contributed by atoms with van der Waals surface area (Å²) in [5.74, 6) is 1.91. The van der Waals surface area contributed by atoms with Crippen LogP contribution in [-0.2, 0) is 10.3 Å². The molecular weight excluding hydrogens is 454 g/mol. The number of hydrogen-bond acceptors (Lipinski definition) is 8. The Hall–Kier alpha value is -3.26. The topological polar surface area (TPSA) is 112 Å². The van der Waals surface area contributed by atoms with Crippen LogP contribution in [0.5, 0.6) is 5.88 Å². The highest BCUT2D eigenvalue weighted by atomic mass is 16.6. The molecule has 8 heteroatoms. The summed E-state index contributed by atoms with van der Waals surface area (Å²) in [5, 5.41) is 5.18. The van der Waals surface area contributed by atoms with E-state index in [1.165, 1.54) is 0 Å². The normalized spacial score (nSPS) is 23.4. The standard InChI is InChI=1S/C28H33N5O3/c1-15-23-17(25(34)36-26(15,2)3)8-9-21(33-23)32-22-12-18-19(13-30-22)24(35-27(4)10-11-27)31-14-20(18)28(5,29)16-6-7-16/h8-9,12-16H,6-7,10-11,29H2,1-5H3,(H,30,32,33)/t15-,28?/m1/s1. The number of esters is 1. The zero-order valence-corrected chi connectivity index (χ0v) is 21.5. The maximum atomic E-state index is 12.5. The minimum absolute atomic E-state index is 0.0471. The molecule has 1 aliphatic heterocycles. The first kappa shape index (κ1) is 23.2. The molecule has 2 saturated carbocycles. The summed E-state index contributed by atoms with van der Waals surface area (Å²) in [6.45, 7) is 10.0. The average molecular weight is 488 g/mol. The Bertz CT molecular complexity index is 1390. The summed E-state index contributed by atoms with van der Waals surface area (Å²) in [4.78, 5) is 26.6. The molecule has 0 bridgehead atoms. The Kier molecular flexibility index (Phi) is 4.90. The van der Waals surface area contributed by atoms with E-state index in [-0.39, 0.29) is 17.5 Å². The van der Waals surface area contributed by atoms with E-state index in [1.807, 2.05) is 33.0 Å². The molecule has 6 rings (SSSR count). The first-order chi connectivity index (χ1) is 17.0. The molecular formula is C28H33N5O3. The molecule has 0 saturated heterocycles. The zero-order chi connectivity index (χ0) is 25.5. The predicted octanol–water partition coefficient (Wildman–Crippen LogP) is 5.34. The lowest BCUT2D eigenvalue weighted by molar-refractivity contribution is -0.0189. The fourth-order valence-corrected chi connectivity index (χ4v) is 4.99. The van der Waals surface area contributed by atoms with Gasteiger partial charge in [0, 0.05) is 23.9 Å². The predicted molar refractivity (Wildman–Crippen MR) is 137 cm³/mol. The number of nitrogens with two attached hydrogens (primary N) is 1. The molecule has 0 amide bonds. The van der Waals surface area contributed by atoms with Crippen molar-refractivity contribution in [2.24, 2.45) is 11.7 Å². The molecule has 2 atom stereocenters. The molecule has 2 fully saturated rings. The van der Waals surface area contributed by atoms with Gasteiger partial charge in [-0.2, -0.15) is 0 Å². The quantitative estimate of drug-likeness (QED) is 0.448. The van der Waals surface area contributed by atoms with E-state index in [1.54, 1.807) is 18.3 Å². The zero-order valence-electron chi connectivity index (χ0n) is 21.5. The van der Waals surface area contributed by atoms with Crippen LogP contribution >= 0.6 is 0 Å². The number of anilines is 2. The molecule has 3 aromatic rings. The second-order valence-electron chi connectivity index (χ2n) is 11.7. The first-order valence-electron chi connectivity index (χ1n) is 12.8. The van der Waals surface area contributed by atoms with Gasteiger partial charge in [-0.15, -0.1) is 0 Å². The molecule has 4 heterocycles. The van der Waals surface area contributed by atoms with E-state index in [2.05, 4.69) is 29.1 Å². The number of fused-ring (bicyclic) bond motifs is 2. The lowest BCUT2D eigenvalue weighted by Crippen LogP contribution is -2.39. The summed E-state index contributed by atoms with van der Waals surface area (Å²) >= 11 is 0. The third kappa shape index (κ3) is 3.88. The van der Waals surface area contributed by atoms with E-state index in [9.17, 15) is 4.79 Å². The van der Waals surface area contributed by atoms with Crippen molar-refractivity contribution in [3.8, 4) is 5.88 Å². The maximum absolute atomic E-state index is 12.5. The van der Waals surface area contributed by atoms with Crippen molar-refractivity contribution in [3.63, 3.8) is 0 Å². The number of aromatic nitrogens is 3. The SMILES string of the molecule is C[C@@H]1c2nc(Nc3cc4c(C(C)(N)C5CC5)cnc(OC5(C)CC5)c4cn3)ccc2C(=O)OC1(C)C. The summed E-state index contributed by atoms with van der Waals surface area (Å²) < 4.78 is 11.9. The van der Waals surface area contributed by atoms with Gasteiger partial charge in [0.2, 0.25) is 5.88 Å². The number of nitrogens with one attached hydrogen (secondary N) is 1. The van der Waals surface area contributed by atoms with E-state index in [0.717, 1.165) is 47.7 Å². The van der Waals surface area contributed by atoms with Gasteiger partial charge in [0.05, 0.1) is 16.6 Å². The Labute approximate surface area is 211 Å². The monoisotopic (exact) mass is 487 g/mol. The average Bonchev–Trinajstić information content (AvgIpc) is 3.74. The second kappa shape index (κ2) is 7.62. The van der Waals surface area contributed by atoms with Crippen molar-refractivity contribution in [1.29, 1.82) is 0 Å². The molecule has 3 aromatic heterocycles. The molecule has 2 aliphatic carbocycles. The van der Waals surface area contributed by atoms with Crippen LogP contribution in [0.1, 0.15) is 87.8 Å². The minimum Gasteiger partial charge on any atom is -0.471 e. The number of carbonyl (C=O) groups excluding carboxylic acids is 1. The Morgan fingerprint density at radius 1 is 1.11 bits per heavy atom. The van der Waals surface area contributed by atoms with Crippen LogP contribution in [0.3, 0.4) is 0 Å². The Balaban J connectivity index is 1.40. The highest BCUT2D eigenvalue weighted by Crippen LogP contribution is 2.47. The summed E-state index contributed by atoms with van der Waals surface area (Å²) in [5.41, 5.74) is 7.82. The number of rotatable bonds is 6. The molecule has 0 aromatic carbocycles. The van der Waals surface area contributed by atoms with Crippen molar-refractivity contribution in [2.45, 2.75) is 83.0 Å². The minimum atomic E-state index is -0.623. The number of cyclic esters (lactones) is 1. The van der Waals surface area contributed by atoms with Crippen molar-refractivity contribution >= 4 is 28.4 Å². The molecule has 0 radical (unpaired) electrons. The maximum Gasteiger partial charge on any atom is 0.340 e. The Morgan fingerprint density at radius 2 is 1.86 bits per heavy atom. The highest BCUT2D eigenvalue weighted by molar-refractivity contribution is 5.93. The third-order valence-electron chi connectivity index (χ3n) is 8.25. The lowest BCUT2D eigenvalue weighted by atomic mass is 9.84. The van der Waals surface area contributed by atoms with Crippen LogP contribution in [0, 0.1) is 5.92 Å². The van der Waals surface area contributed by atoms with Crippen molar-refractivity contribution in [2.75, 3.05) is 5.32 Å². The van der Waals surface area contributed by atoms with Crippen LogP contribution in [-0.4, -0.2) is 32.1 Å². The number of ether oxygens (including phenoxy) is 2. The van der Waals surface area contributed by atoms with Crippen LogP contribution in [0.2, 0.25) is 0 Å². The van der Waals surface area contributed by atoms with Gasteiger partial charge in [0.15, 0.2) is 0 Å². The number of pyridine rings is 3. The molecule has 8 nitrogen and oxygen atoms in total. The van der Waals surface area contributed by atoms with Crippen LogP contribution in [0.25, 0.3) is 10.8 Å². The number of nitrogens with zero attached hydrogens (tertiary/aromatic N) is 3. The first-order valence-corrected chi connectivity index (χ1v) is 12.8. The van der Waals surface area contributed by atoms with Gasteiger partial charge in [-0.25, -0.2) is 19.7 Å². The van der Waals surface area contributed by atoms with Gasteiger partial charge in [0.25, 0.3) is 0 Å². The molecule has 0 spiro atoms. The Morgan fingerprint density at radius 3 is 2.56 bits per heavy atom. The smallest absolute Gasteiger partial charge is 0.340 e. The third-order valence-corrected chi connectivity index (χ3v) is 8.25. The van der Waals surface area contributed by atoms with E-state index < -0.39 is 11.1 Å². The van der Waals surface area contributed by atoms with Crippen LogP contribution < -0.4 is 15.8 Å². The van der Waals surface area contributed by atoms with Gasteiger partial charge in [-0.3, -0.25) is 0 Å². The van der Waals surface area contributed by atoms with Gasteiger partial charge in [-0.1, -0.05) is 6.92 Å². The van der Waals surface area contributed by atoms with Gasteiger partial charge < -0.3 is 20.5 Å². The van der Waals surface area contributed by atoms with Crippen LogP contribution in [0.4, 0.5) is 11.6 Å². The van der Waals surface area contributed by atoms with E-state index >= 15 is 0 Å². The number of hydrogen-bond donors (Lipinski definition) is 2. The van der Waals surface area contributed by atoms with Crippen molar-refractivity contribution < 1.29 is 14.3 Å². The molecule has 36 heavy (non-hydrogen) atoms. The van der Waals surface area contributed by atoms with Crippen molar-refractivity contribution in [1.82, 2.24) is 15.0 Å². The molecule has 1 unspecified atom stereocenters.